The molecule has 9 heteroatoms. The molecule has 9 nitrogen and oxygen atoms in total. The second-order valence-electron chi connectivity index (χ2n) is 5.60. The summed E-state index contributed by atoms with van der Waals surface area (Å²) in [5.41, 5.74) is -0.169. The number of nitrogens with one attached hydrogen (secondary N) is 1. The number of carbonyl (C=O) groups is 2. The minimum absolute atomic E-state index is 0.0438. The number of aromatic nitrogens is 2. The lowest BCUT2D eigenvalue weighted by molar-refractivity contribution is 0.0601. The van der Waals surface area contributed by atoms with Crippen LogP contribution in [0.3, 0.4) is 0 Å². The third kappa shape index (κ3) is 3.37. The number of benzene rings is 1. The summed E-state index contributed by atoms with van der Waals surface area (Å²) in [4.78, 5) is 41.5. The minimum atomic E-state index is -0.729. The zero-order valence-electron chi connectivity index (χ0n) is 15.4. The van der Waals surface area contributed by atoms with Gasteiger partial charge in [-0.25, -0.2) is 9.78 Å². The normalized spacial score (nSPS) is 10.4. The number of hydrogen-bond acceptors (Lipinski definition) is 7. The van der Waals surface area contributed by atoms with E-state index < -0.39 is 17.4 Å². The van der Waals surface area contributed by atoms with Crippen molar-refractivity contribution in [2.24, 2.45) is 0 Å². The summed E-state index contributed by atoms with van der Waals surface area (Å²) in [5, 5.41) is 2.54. The summed E-state index contributed by atoms with van der Waals surface area (Å²) < 4.78 is 16.4. The van der Waals surface area contributed by atoms with Gasteiger partial charge in [0.15, 0.2) is 11.5 Å². The molecule has 0 radical (unpaired) electrons. The highest BCUT2D eigenvalue weighted by Crippen LogP contribution is 2.33. The molecule has 0 unspecified atom stereocenters. The van der Waals surface area contributed by atoms with Crippen LogP contribution in [0.4, 0.5) is 5.69 Å². The predicted octanol–water partition coefficient (Wildman–Crippen LogP) is 1.75. The number of fused-ring (bicyclic) bond motifs is 1. The van der Waals surface area contributed by atoms with Crippen LogP contribution in [-0.2, 0) is 4.74 Å². The summed E-state index contributed by atoms with van der Waals surface area (Å²) in [6, 6.07) is 7.82. The van der Waals surface area contributed by atoms with E-state index in [1.165, 1.54) is 50.3 Å². The van der Waals surface area contributed by atoms with Gasteiger partial charge in [0.05, 0.1) is 32.6 Å². The first kappa shape index (κ1) is 18.9. The monoisotopic (exact) mass is 383 g/mol. The van der Waals surface area contributed by atoms with Crippen LogP contribution in [0.5, 0.6) is 11.5 Å². The highest BCUT2D eigenvalue weighted by molar-refractivity contribution is 6.08. The molecule has 0 aliphatic rings. The molecule has 28 heavy (non-hydrogen) atoms. The zero-order valence-corrected chi connectivity index (χ0v) is 15.4. The molecule has 144 valence electrons. The van der Waals surface area contributed by atoms with Gasteiger partial charge in [0, 0.05) is 24.5 Å². The second-order valence-corrected chi connectivity index (χ2v) is 5.60. The van der Waals surface area contributed by atoms with Crippen molar-refractivity contribution in [1.29, 1.82) is 0 Å². The van der Waals surface area contributed by atoms with E-state index >= 15 is 0 Å². The molecule has 1 aromatic carbocycles. The van der Waals surface area contributed by atoms with Gasteiger partial charge in [0.1, 0.15) is 11.2 Å². The first-order valence-corrected chi connectivity index (χ1v) is 8.12. The fourth-order valence-corrected chi connectivity index (χ4v) is 2.63. The maximum atomic E-state index is 12.7. The third-order valence-electron chi connectivity index (χ3n) is 4.04. The number of hydrogen-bond donors (Lipinski definition) is 1. The Morgan fingerprint density at radius 1 is 1.04 bits per heavy atom. The first-order valence-electron chi connectivity index (χ1n) is 8.12. The molecule has 1 amide bonds. The number of nitrogens with zero attached hydrogens (tertiary/aromatic N) is 2. The summed E-state index contributed by atoms with van der Waals surface area (Å²) in [6.07, 6.45) is 2.70. The molecule has 0 aliphatic heterocycles. The van der Waals surface area contributed by atoms with E-state index in [0.717, 1.165) is 0 Å². The van der Waals surface area contributed by atoms with Crippen molar-refractivity contribution in [2.45, 2.75) is 0 Å². The third-order valence-corrected chi connectivity index (χ3v) is 4.04. The molecule has 0 spiro atoms. The van der Waals surface area contributed by atoms with Gasteiger partial charge < -0.3 is 19.5 Å². The van der Waals surface area contributed by atoms with Gasteiger partial charge in [0.25, 0.3) is 11.5 Å². The van der Waals surface area contributed by atoms with E-state index in [2.05, 4.69) is 10.3 Å². The van der Waals surface area contributed by atoms with Crippen LogP contribution < -0.4 is 20.3 Å². The van der Waals surface area contributed by atoms with Gasteiger partial charge in [0.2, 0.25) is 0 Å². The fourth-order valence-electron chi connectivity index (χ4n) is 2.63. The molecule has 0 aliphatic carbocycles. The molecule has 0 saturated heterocycles. The van der Waals surface area contributed by atoms with Gasteiger partial charge in [-0.05, 0) is 12.1 Å². The number of carbonyl (C=O) groups excluding carboxylic acids is 2. The SMILES string of the molecule is COC(=O)c1cc(OC)c(OC)cc1NC(=O)c1cnc2ccccn2c1=O. The molecule has 0 saturated carbocycles. The average molecular weight is 383 g/mol. The van der Waals surface area contributed by atoms with Crippen molar-refractivity contribution in [3.05, 3.63) is 64.2 Å². The molecule has 0 bridgehead atoms. The standard InChI is InChI=1S/C19H17N3O6/c1-26-14-8-11(19(25)28-3)13(9-15(14)27-2)21-17(23)12-10-20-16-6-4-5-7-22(16)18(12)24/h4-10H,1-3H3,(H,21,23). The summed E-state index contributed by atoms with van der Waals surface area (Å²) in [6.45, 7) is 0. The highest BCUT2D eigenvalue weighted by Gasteiger charge is 2.21. The smallest absolute Gasteiger partial charge is 0.340 e. The van der Waals surface area contributed by atoms with E-state index in [4.69, 9.17) is 14.2 Å². The minimum Gasteiger partial charge on any atom is -0.493 e. The molecule has 3 rings (SSSR count). The maximum absolute atomic E-state index is 12.7. The van der Waals surface area contributed by atoms with Gasteiger partial charge in [-0.2, -0.15) is 0 Å². The van der Waals surface area contributed by atoms with E-state index in [-0.39, 0.29) is 22.6 Å². The van der Waals surface area contributed by atoms with Gasteiger partial charge in [-0.1, -0.05) is 6.07 Å². The second kappa shape index (κ2) is 7.78. The van der Waals surface area contributed by atoms with Gasteiger partial charge in [-0.15, -0.1) is 0 Å². The zero-order chi connectivity index (χ0) is 20.3. The first-order chi connectivity index (χ1) is 13.5. The van der Waals surface area contributed by atoms with Crippen LogP contribution in [0.2, 0.25) is 0 Å². The van der Waals surface area contributed by atoms with Crippen LogP contribution in [0.1, 0.15) is 20.7 Å². The molecule has 2 aromatic heterocycles. The molecule has 0 fully saturated rings. The Kier molecular flexibility index (Phi) is 5.25. The van der Waals surface area contributed by atoms with Crippen LogP contribution in [-0.4, -0.2) is 42.6 Å². The Morgan fingerprint density at radius 3 is 2.43 bits per heavy atom. The number of anilines is 1. The Balaban J connectivity index is 2.05. The number of pyridine rings is 1. The summed E-state index contributed by atoms with van der Waals surface area (Å²) >= 11 is 0. The number of methoxy groups -OCH3 is 3. The quantitative estimate of drug-likeness (QED) is 0.669. The topological polar surface area (TPSA) is 108 Å². The van der Waals surface area contributed by atoms with Crippen LogP contribution >= 0.6 is 0 Å². The molecule has 1 N–H and O–H groups in total. The number of ether oxygens (including phenoxy) is 3. The van der Waals surface area contributed by atoms with E-state index in [9.17, 15) is 14.4 Å². The fraction of sp³-hybridized carbons (Fsp3) is 0.158. The van der Waals surface area contributed by atoms with Crippen LogP contribution in [0.15, 0.2) is 47.5 Å². The highest BCUT2D eigenvalue weighted by atomic mass is 16.5. The Bertz CT molecular complexity index is 1120. The van der Waals surface area contributed by atoms with Crippen molar-refractivity contribution in [2.75, 3.05) is 26.6 Å². The van der Waals surface area contributed by atoms with Crippen molar-refractivity contribution in [3.63, 3.8) is 0 Å². The lowest BCUT2D eigenvalue weighted by Crippen LogP contribution is -2.27. The molecule has 2 heterocycles. The van der Waals surface area contributed by atoms with E-state index in [0.29, 0.717) is 11.4 Å². The summed E-state index contributed by atoms with van der Waals surface area (Å²) in [7, 11) is 4.05. The van der Waals surface area contributed by atoms with Gasteiger partial charge >= 0.3 is 5.97 Å². The van der Waals surface area contributed by atoms with Crippen LogP contribution in [0.25, 0.3) is 5.65 Å². The van der Waals surface area contributed by atoms with Crippen LogP contribution in [0, 0.1) is 0 Å². The lowest BCUT2D eigenvalue weighted by atomic mass is 10.1. The molecule has 0 atom stereocenters. The van der Waals surface area contributed by atoms with E-state index in [1.54, 1.807) is 18.2 Å². The number of rotatable bonds is 5. The number of esters is 1. The molecular weight excluding hydrogens is 366 g/mol. The Labute approximate surface area is 159 Å². The van der Waals surface area contributed by atoms with Crippen molar-refractivity contribution in [1.82, 2.24) is 9.38 Å². The molecule has 3 aromatic rings. The van der Waals surface area contributed by atoms with Gasteiger partial charge in [-0.3, -0.25) is 14.0 Å². The predicted molar refractivity (Wildman–Crippen MR) is 100 cm³/mol. The van der Waals surface area contributed by atoms with Crippen molar-refractivity contribution >= 4 is 23.2 Å². The summed E-state index contributed by atoms with van der Waals surface area (Å²) in [5.74, 6) is -0.843. The number of amides is 1. The van der Waals surface area contributed by atoms with E-state index in [1.807, 2.05) is 0 Å². The average Bonchev–Trinajstić information content (AvgIpc) is 2.73. The Hall–Kier alpha value is -3.88. The lowest BCUT2D eigenvalue weighted by Gasteiger charge is -2.14. The van der Waals surface area contributed by atoms with Crippen molar-refractivity contribution in [3.8, 4) is 11.5 Å². The Morgan fingerprint density at radius 2 is 1.75 bits per heavy atom. The molecular formula is C19H17N3O6. The largest absolute Gasteiger partial charge is 0.493 e. The maximum Gasteiger partial charge on any atom is 0.340 e. The van der Waals surface area contributed by atoms with Crippen molar-refractivity contribution < 1.29 is 23.8 Å².